The second-order valence-corrected chi connectivity index (χ2v) is 14.2. The van der Waals surface area contributed by atoms with E-state index in [1.807, 2.05) is 0 Å². The predicted molar refractivity (Wildman–Crippen MR) is 160 cm³/mol. The zero-order valence-corrected chi connectivity index (χ0v) is 26.4. The Labute approximate surface area is 253 Å². The number of thioether (sulfide) groups is 2. The number of anilines is 3. The minimum Gasteiger partial charge on any atom is -0.477 e. The van der Waals surface area contributed by atoms with E-state index in [4.69, 9.17) is 26.2 Å². The molecule has 2 aliphatic rings. The molecule has 0 spiro atoms. The summed E-state index contributed by atoms with van der Waals surface area (Å²) in [5, 5.41) is 14.2. The zero-order valence-electron chi connectivity index (χ0n) is 23.0. The Morgan fingerprint density at radius 2 is 2.00 bits per heavy atom. The van der Waals surface area contributed by atoms with E-state index in [1.165, 1.54) is 33.8 Å². The average molecular weight is 658 g/mol. The summed E-state index contributed by atoms with van der Waals surface area (Å²) >= 11 is 3.76. The standard InChI is InChI=1S/C23H29N8O7PS3/c1-10-16(24)29-23(30(2)17(10)25)40-6-5-11-8-41-20-14(19(33)31(20)15(11)21(34)35)28-18(32)12(7-39(36,37-3)38-4)13-9-42-22(26)27-13/h7,9,14,20H,5-6,8H2,1-4H3,(H7,24,25,26,27,28,32,34,35)/p+1/b12-7-/t14-,20-/m1/s1. The molecule has 226 valence electrons. The lowest BCUT2D eigenvalue weighted by atomic mass is 10.0. The second-order valence-electron chi connectivity index (χ2n) is 9.08. The van der Waals surface area contributed by atoms with E-state index in [1.54, 1.807) is 18.5 Å². The second kappa shape index (κ2) is 12.6. The Bertz CT molecular complexity index is 1550. The highest BCUT2D eigenvalue weighted by Gasteiger charge is 2.54. The van der Waals surface area contributed by atoms with Gasteiger partial charge in [0.05, 0.1) is 23.9 Å². The lowest BCUT2D eigenvalue weighted by Crippen LogP contribution is -2.70. The molecule has 8 N–H and O–H groups in total. The molecule has 2 amide bonds. The number of amides is 2. The van der Waals surface area contributed by atoms with Crippen molar-refractivity contribution in [2.45, 2.75) is 29.9 Å². The van der Waals surface area contributed by atoms with Crippen LogP contribution in [0.4, 0.5) is 16.8 Å². The van der Waals surface area contributed by atoms with E-state index in [0.29, 0.717) is 45.9 Å². The zero-order chi connectivity index (χ0) is 30.9. The summed E-state index contributed by atoms with van der Waals surface area (Å²) in [5.74, 6) is -0.00519. The van der Waals surface area contributed by atoms with Crippen LogP contribution >= 0.6 is 42.5 Å². The molecule has 2 aromatic rings. The summed E-state index contributed by atoms with van der Waals surface area (Å²) in [5.41, 5.74) is 18.9. The summed E-state index contributed by atoms with van der Waals surface area (Å²) in [6.07, 6.45) is 0.365. The molecule has 0 bridgehead atoms. The fourth-order valence-electron chi connectivity index (χ4n) is 4.23. The summed E-state index contributed by atoms with van der Waals surface area (Å²) in [7, 11) is 0.282. The minimum atomic E-state index is -3.81. The van der Waals surface area contributed by atoms with Gasteiger partial charge in [-0.3, -0.25) is 19.1 Å². The molecule has 0 aromatic carbocycles. The van der Waals surface area contributed by atoms with E-state index in [-0.39, 0.29) is 22.1 Å². The normalized spacial score (nSPS) is 19.0. The van der Waals surface area contributed by atoms with Gasteiger partial charge in [0.2, 0.25) is 11.6 Å². The molecule has 2 aromatic heterocycles. The molecule has 0 unspecified atom stereocenters. The van der Waals surface area contributed by atoms with Gasteiger partial charge in [0.25, 0.3) is 11.8 Å². The maximum absolute atomic E-state index is 13.3. The van der Waals surface area contributed by atoms with Gasteiger partial charge in [-0.25, -0.2) is 14.3 Å². The van der Waals surface area contributed by atoms with Gasteiger partial charge in [0.1, 0.15) is 17.1 Å². The largest absolute Gasteiger partial charge is 0.477 e. The van der Waals surface area contributed by atoms with Gasteiger partial charge in [-0.2, -0.15) is 0 Å². The Morgan fingerprint density at radius 3 is 2.60 bits per heavy atom. The molecule has 1 saturated heterocycles. The number of nitrogens with two attached hydrogens (primary N) is 3. The van der Waals surface area contributed by atoms with Gasteiger partial charge in [-0.05, 0) is 18.9 Å². The minimum absolute atomic E-state index is 0.110. The molecule has 0 aliphatic carbocycles. The maximum Gasteiger partial charge on any atom is 0.354 e. The third-order valence-electron chi connectivity index (χ3n) is 6.64. The molecule has 15 nitrogen and oxygen atoms in total. The van der Waals surface area contributed by atoms with Crippen molar-refractivity contribution in [1.29, 1.82) is 0 Å². The van der Waals surface area contributed by atoms with E-state index in [0.717, 1.165) is 31.4 Å². The third kappa shape index (κ3) is 6.14. The molecule has 0 radical (unpaired) electrons. The first-order valence-electron chi connectivity index (χ1n) is 12.2. The summed E-state index contributed by atoms with van der Waals surface area (Å²) in [4.78, 5) is 48.4. The van der Waals surface area contributed by atoms with Gasteiger partial charge in [0.15, 0.2) is 5.13 Å². The van der Waals surface area contributed by atoms with Crippen LogP contribution < -0.4 is 27.1 Å². The first kappa shape index (κ1) is 31.8. The molecule has 42 heavy (non-hydrogen) atoms. The van der Waals surface area contributed by atoms with Crippen molar-refractivity contribution < 1.29 is 37.7 Å². The van der Waals surface area contributed by atoms with Crippen LogP contribution in [0.25, 0.3) is 5.57 Å². The van der Waals surface area contributed by atoms with E-state index < -0.39 is 36.8 Å². The van der Waals surface area contributed by atoms with E-state index in [9.17, 15) is 24.1 Å². The molecule has 4 heterocycles. The number of carboxylic acid groups (broad SMARTS) is 1. The Kier molecular flexibility index (Phi) is 9.54. The highest BCUT2D eigenvalue weighted by molar-refractivity contribution is 8.00. The quantitative estimate of drug-likeness (QED) is 0.0570. The van der Waals surface area contributed by atoms with Crippen LogP contribution in [-0.2, 0) is 35.0 Å². The smallest absolute Gasteiger partial charge is 0.354 e. The maximum atomic E-state index is 13.3. The number of thiazole rings is 1. The first-order chi connectivity index (χ1) is 19.8. The Balaban J connectivity index is 1.51. The third-order valence-corrected chi connectivity index (χ3v) is 11.3. The van der Waals surface area contributed by atoms with Crippen molar-refractivity contribution in [2.75, 3.05) is 42.9 Å². The molecule has 19 heteroatoms. The number of nitrogens with zero attached hydrogens (tertiary/aromatic N) is 4. The van der Waals surface area contributed by atoms with Crippen molar-refractivity contribution in [3.05, 3.63) is 33.7 Å². The van der Waals surface area contributed by atoms with Gasteiger partial charge in [-0.15, -0.1) is 23.1 Å². The number of nitrogen functional groups attached to an aromatic ring is 3. The summed E-state index contributed by atoms with van der Waals surface area (Å²) < 4.78 is 24.4. The van der Waals surface area contributed by atoms with Crippen LogP contribution in [0.15, 0.2) is 27.6 Å². The van der Waals surface area contributed by atoms with Crippen molar-refractivity contribution in [1.82, 2.24) is 20.2 Å². The molecule has 2 aliphatic heterocycles. The molecule has 4 rings (SSSR count). The van der Waals surface area contributed by atoms with Crippen LogP contribution in [-0.4, -0.2) is 74.9 Å². The van der Waals surface area contributed by atoms with E-state index >= 15 is 0 Å². The fraction of sp³-hybridized carbons (Fsp3) is 0.391. The number of aromatic nitrogens is 3. The first-order valence-corrected chi connectivity index (χ1v) is 16.7. The van der Waals surface area contributed by atoms with Crippen LogP contribution in [0.3, 0.4) is 0 Å². The number of hydrogen-bond donors (Lipinski definition) is 5. The monoisotopic (exact) mass is 657 g/mol. The molecule has 2 atom stereocenters. The number of fused-ring (bicyclic) bond motifs is 1. The fourth-order valence-corrected chi connectivity index (χ4v) is 8.09. The van der Waals surface area contributed by atoms with Crippen LogP contribution in [0.2, 0.25) is 0 Å². The lowest BCUT2D eigenvalue weighted by Gasteiger charge is -2.49. The molecular weight excluding hydrogens is 627 g/mol. The molecular formula is C23H30N8O7PS3+. The SMILES string of the molecule is COP(=O)(/C=C(\C(=O)N[C@@H]1C(=O)N2C(C(=O)O)=C(CCSc3nc(N)c(C)c(N)[n+]3C)CS[C@H]12)c1csc(N)n1)OC. The number of carbonyl (C=O) groups excluding carboxylic acids is 2. The van der Waals surface area contributed by atoms with Crippen LogP contribution in [0.1, 0.15) is 17.7 Å². The van der Waals surface area contributed by atoms with Crippen LogP contribution in [0, 0.1) is 6.92 Å². The van der Waals surface area contributed by atoms with Crippen LogP contribution in [0.5, 0.6) is 0 Å². The number of β-lactam (4-membered cyclic amide) rings is 1. The van der Waals surface area contributed by atoms with Gasteiger partial charge in [-0.1, -0.05) is 16.7 Å². The van der Waals surface area contributed by atoms with Crippen molar-refractivity contribution in [3.63, 3.8) is 0 Å². The average Bonchev–Trinajstić information content (AvgIpc) is 3.40. The van der Waals surface area contributed by atoms with Gasteiger partial charge >= 0.3 is 18.7 Å². The summed E-state index contributed by atoms with van der Waals surface area (Å²) in [6, 6.07) is -1.03. The van der Waals surface area contributed by atoms with Gasteiger partial charge < -0.3 is 36.7 Å². The predicted octanol–water partition coefficient (Wildman–Crippen LogP) is 1.17. The Hall–Kier alpha value is -3.15. The number of carbonyl (C=O) groups is 3. The lowest BCUT2D eigenvalue weighted by molar-refractivity contribution is -0.699. The highest BCUT2D eigenvalue weighted by atomic mass is 32.2. The molecule has 0 saturated carbocycles. The molecule has 1 fully saturated rings. The number of nitrogens with one attached hydrogen (secondary N) is 1. The van der Waals surface area contributed by atoms with Crippen molar-refractivity contribution >= 4 is 82.6 Å². The number of rotatable bonds is 11. The van der Waals surface area contributed by atoms with Gasteiger partial charge in [0, 0.05) is 36.9 Å². The Morgan fingerprint density at radius 1 is 1.31 bits per heavy atom. The van der Waals surface area contributed by atoms with Crippen molar-refractivity contribution in [3.8, 4) is 0 Å². The highest BCUT2D eigenvalue weighted by Crippen LogP contribution is 2.50. The van der Waals surface area contributed by atoms with E-state index in [2.05, 4.69) is 15.3 Å². The topological polar surface area (TPSA) is 230 Å². The number of carboxylic acids is 1. The number of aliphatic carboxylic acids is 1. The van der Waals surface area contributed by atoms with Crippen molar-refractivity contribution in [2.24, 2.45) is 7.05 Å². The summed E-state index contributed by atoms with van der Waals surface area (Å²) in [6.45, 7) is 1.77. The number of hydrogen-bond acceptors (Lipinski definition) is 14.